The van der Waals surface area contributed by atoms with Gasteiger partial charge < -0.3 is 26.0 Å². The molecule has 1 atom stereocenters. The van der Waals surface area contributed by atoms with E-state index in [1.165, 1.54) is 0 Å². The van der Waals surface area contributed by atoms with Crippen LogP contribution in [-0.4, -0.2) is 36.3 Å². The number of hydrogen-bond acceptors (Lipinski definition) is 5. The Labute approximate surface area is 165 Å². The monoisotopic (exact) mass is 394 g/mol. The van der Waals surface area contributed by atoms with Crippen molar-refractivity contribution in [2.24, 2.45) is 0 Å². The van der Waals surface area contributed by atoms with Crippen molar-refractivity contribution >= 4 is 40.7 Å². The first-order chi connectivity index (χ1) is 14.0. The molecule has 0 saturated heterocycles. The van der Waals surface area contributed by atoms with Gasteiger partial charge >= 0.3 is 0 Å². The van der Waals surface area contributed by atoms with Crippen LogP contribution >= 0.6 is 0 Å². The Morgan fingerprint density at radius 2 is 1.90 bits per heavy atom. The lowest BCUT2D eigenvalue weighted by atomic mass is 10.1. The van der Waals surface area contributed by atoms with E-state index in [0.29, 0.717) is 28.4 Å². The normalized spacial score (nSPS) is 17.5. The molecule has 2 aromatic rings. The van der Waals surface area contributed by atoms with Gasteiger partial charge in [-0.15, -0.1) is 0 Å². The van der Waals surface area contributed by atoms with Crippen LogP contribution in [0, 0.1) is 0 Å². The lowest BCUT2D eigenvalue weighted by Gasteiger charge is -2.19. The third-order valence-electron chi connectivity index (χ3n) is 4.61. The average Bonchev–Trinajstić information content (AvgIpc) is 2.82. The molecule has 0 radical (unpaired) electrons. The van der Waals surface area contributed by atoms with Gasteiger partial charge in [0, 0.05) is 18.2 Å². The Kier molecular flexibility index (Phi) is 4.86. The summed E-state index contributed by atoms with van der Waals surface area (Å²) >= 11 is 0. The highest BCUT2D eigenvalue weighted by atomic mass is 16.5. The molecule has 0 bridgehead atoms. The summed E-state index contributed by atoms with van der Waals surface area (Å²) in [5.74, 6) is -0.809. The number of rotatable bonds is 4. The summed E-state index contributed by atoms with van der Waals surface area (Å²) in [5, 5.41) is 10.8. The van der Waals surface area contributed by atoms with E-state index >= 15 is 0 Å². The molecule has 4 amide bonds. The van der Waals surface area contributed by atoms with Gasteiger partial charge in [0.05, 0.1) is 16.9 Å². The first kappa shape index (κ1) is 18.5. The molecule has 4 N–H and O–H groups in total. The van der Waals surface area contributed by atoms with E-state index in [1.54, 1.807) is 42.5 Å². The Morgan fingerprint density at radius 3 is 2.76 bits per heavy atom. The third-order valence-corrected chi connectivity index (χ3v) is 4.61. The minimum Gasteiger partial charge on any atom is -0.482 e. The molecule has 2 aliphatic rings. The third kappa shape index (κ3) is 4.03. The highest BCUT2D eigenvalue weighted by Crippen LogP contribution is 2.30. The van der Waals surface area contributed by atoms with E-state index in [4.69, 9.17) is 4.74 Å². The van der Waals surface area contributed by atoms with Crippen molar-refractivity contribution < 1.29 is 23.9 Å². The number of carbonyl (C=O) groups excluding carboxylic acids is 4. The van der Waals surface area contributed by atoms with Crippen LogP contribution in [0.5, 0.6) is 5.75 Å². The van der Waals surface area contributed by atoms with Gasteiger partial charge in [0.2, 0.25) is 11.8 Å². The minimum absolute atomic E-state index is 0.0311. The van der Waals surface area contributed by atoms with Gasteiger partial charge in [0.25, 0.3) is 11.8 Å². The van der Waals surface area contributed by atoms with Crippen molar-refractivity contribution in [1.29, 1.82) is 0 Å². The smallest absolute Gasteiger partial charge is 0.262 e. The van der Waals surface area contributed by atoms with E-state index in [1.807, 2.05) is 0 Å². The van der Waals surface area contributed by atoms with Gasteiger partial charge in [-0.05, 0) is 30.7 Å². The quantitative estimate of drug-likeness (QED) is 0.625. The summed E-state index contributed by atoms with van der Waals surface area (Å²) in [4.78, 5) is 48.3. The van der Waals surface area contributed by atoms with Crippen LogP contribution in [0.4, 0.5) is 17.1 Å². The van der Waals surface area contributed by atoms with Gasteiger partial charge in [0.1, 0.15) is 11.8 Å². The number of anilines is 3. The Morgan fingerprint density at radius 1 is 1.07 bits per heavy atom. The molecular weight excluding hydrogens is 376 g/mol. The van der Waals surface area contributed by atoms with Crippen molar-refractivity contribution in [3.05, 3.63) is 48.0 Å². The van der Waals surface area contributed by atoms with Gasteiger partial charge in [-0.2, -0.15) is 0 Å². The number of para-hydroxylation sites is 1. The van der Waals surface area contributed by atoms with Gasteiger partial charge in [-0.3, -0.25) is 19.2 Å². The lowest BCUT2D eigenvalue weighted by molar-refractivity contribution is -0.119. The zero-order valence-corrected chi connectivity index (χ0v) is 15.3. The predicted octanol–water partition coefficient (Wildman–Crippen LogP) is 1.49. The topological polar surface area (TPSA) is 126 Å². The molecule has 9 nitrogen and oxygen atoms in total. The van der Waals surface area contributed by atoms with Gasteiger partial charge in [-0.25, -0.2) is 0 Å². The largest absolute Gasteiger partial charge is 0.482 e. The average molecular weight is 394 g/mol. The second kappa shape index (κ2) is 7.63. The Hall–Kier alpha value is -3.88. The molecule has 148 valence electrons. The minimum atomic E-state index is -0.817. The second-order valence-corrected chi connectivity index (χ2v) is 6.70. The van der Waals surface area contributed by atoms with Crippen LogP contribution in [0.2, 0.25) is 0 Å². The van der Waals surface area contributed by atoms with Gasteiger partial charge in [0.15, 0.2) is 6.61 Å². The number of benzene rings is 2. The van der Waals surface area contributed by atoms with E-state index < -0.39 is 6.04 Å². The number of fused-ring (bicyclic) bond motifs is 2. The molecule has 2 aromatic carbocycles. The van der Waals surface area contributed by atoms with Crippen LogP contribution < -0.4 is 26.0 Å². The zero-order chi connectivity index (χ0) is 20.4. The van der Waals surface area contributed by atoms with Gasteiger partial charge in [-0.1, -0.05) is 12.1 Å². The molecule has 0 unspecified atom stereocenters. The van der Waals surface area contributed by atoms with Crippen molar-refractivity contribution in [1.82, 2.24) is 5.32 Å². The van der Waals surface area contributed by atoms with E-state index in [0.717, 1.165) is 0 Å². The summed E-state index contributed by atoms with van der Waals surface area (Å²) in [6, 6.07) is 10.8. The van der Waals surface area contributed by atoms with E-state index in [-0.39, 0.29) is 43.1 Å². The highest BCUT2D eigenvalue weighted by molar-refractivity contribution is 6.10. The number of amides is 4. The summed E-state index contributed by atoms with van der Waals surface area (Å²) in [5.41, 5.74) is 1.88. The molecule has 4 rings (SSSR count). The number of hydrogen-bond donors (Lipinski definition) is 4. The Balaban J connectivity index is 1.36. The molecule has 2 heterocycles. The van der Waals surface area contributed by atoms with Crippen molar-refractivity contribution in [3.63, 3.8) is 0 Å². The summed E-state index contributed by atoms with van der Waals surface area (Å²) in [6.45, 7) is -0.0801. The maximum atomic E-state index is 12.4. The van der Waals surface area contributed by atoms with Crippen LogP contribution in [0.25, 0.3) is 0 Å². The molecule has 29 heavy (non-hydrogen) atoms. The number of nitrogens with one attached hydrogen (secondary N) is 4. The fraction of sp³-hybridized carbons (Fsp3) is 0.200. The molecule has 9 heteroatoms. The van der Waals surface area contributed by atoms with E-state index in [2.05, 4.69) is 21.3 Å². The summed E-state index contributed by atoms with van der Waals surface area (Å²) in [7, 11) is 0. The Bertz CT molecular complexity index is 1020. The maximum absolute atomic E-state index is 12.4. The fourth-order valence-electron chi connectivity index (χ4n) is 3.17. The first-order valence-corrected chi connectivity index (χ1v) is 9.07. The second-order valence-electron chi connectivity index (χ2n) is 6.70. The predicted molar refractivity (Wildman–Crippen MR) is 105 cm³/mol. The number of ether oxygens (including phenoxy) is 1. The molecule has 0 fully saturated rings. The lowest BCUT2D eigenvalue weighted by Crippen LogP contribution is -2.41. The van der Waals surface area contributed by atoms with Crippen LogP contribution in [0.15, 0.2) is 42.5 Å². The van der Waals surface area contributed by atoms with Crippen LogP contribution in [0.3, 0.4) is 0 Å². The highest BCUT2D eigenvalue weighted by Gasteiger charge is 2.28. The molecule has 2 aliphatic heterocycles. The van der Waals surface area contributed by atoms with Crippen LogP contribution in [-0.2, 0) is 14.4 Å². The van der Waals surface area contributed by atoms with E-state index in [9.17, 15) is 19.2 Å². The number of carbonyl (C=O) groups is 4. The fourth-order valence-corrected chi connectivity index (χ4v) is 3.17. The first-order valence-electron chi connectivity index (χ1n) is 9.07. The molecule has 0 aliphatic carbocycles. The SMILES string of the molecule is O=C(CC[C@@H]1NC(=O)c2ccccc2NC1=O)Nc1ccc2c(c1)OCC(=O)N2. The molecule has 0 saturated carbocycles. The molecule has 0 aromatic heterocycles. The zero-order valence-electron chi connectivity index (χ0n) is 15.3. The van der Waals surface area contributed by atoms with Crippen molar-refractivity contribution in [3.8, 4) is 5.75 Å². The summed E-state index contributed by atoms with van der Waals surface area (Å²) in [6.07, 6.45) is 0.179. The standard InChI is InChI=1S/C20H18N4O5/c25-17(21-11-5-6-14-16(9-11)29-10-18(26)22-14)8-7-15-20(28)23-13-4-2-1-3-12(13)19(27)24-15/h1-6,9,15H,7-8,10H2,(H,21,25)(H,22,26)(H,23,28)(H,24,27)/t15-/m0/s1. The van der Waals surface area contributed by atoms with Crippen LogP contribution in [0.1, 0.15) is 23.2 Å². The summed E-state index contributed by atoms with van der Waals surface area (Å²) < 4.78 is 5.32. The molecule has 0 spiro atoms. The van der Waals surface area contributed by atoms with Crippen molar-refractivity contribution in [2.45, 2.75) is 18.9 Å². The maximum Gasteiger partial charge on any atom is 0.262 e. The molecular formula is C20H18N4O5. The van der Waals surface area contributed by atoms with Crippen molar-refractivity contribution in [2.75, 3.05) is 22.6 Å².